The van der Waals surface area contributed by atoms with Crippen molar-refractivity contribution in [1.29, 1.82) is 0 Å². The van der Waals surface area contributed by atoms with Crippen molar-refractivity contribution in [2.75, 3.05) is 0 Å². The Morgan fingerprint density at radius 2 is 2.16 bits per heavy atom. The lowest BCUT2D eigenvalue weighted by Crippen LogP contribution is -2.39. The summed E-state index contributed by atoms with van der Waals surface area (Å²) in [6, 6.07) is 0.953. The fraction of sp³-hybridized carbons (Fsp3) is 0.643. The van der Waals surface area contributed by atoms with Crippen LogP contribution in [0.2, 0.25) is 0 Å². The molecule has 1 aliphatic rings. The summed E-state index contributed by atoms with van der Waals surface area (Å²) in [7, 11) is 0. The summed E-state index contributed by atoms with van der Waals surface area (Å²) in [6.45, 7) is 1.91. The highest BCUT2D eigenvalue weighted by atomic mass is 19.4. The number of nitrogens with zero attached hydrogens (tertiary/aromatic N) is 1. The zero-order chi connectivity index (χ0) is 14.1. The van der Waals surface area contributed by atoms with E-state index in [1.807, 2.05) is 6.92 Å². The molecule has 0 aromatic carbocycles. The molecule has 1 aliphatic carbocycles. The van der Waals surface area contributed by atoms with Crippen LogP contribution < -0.4 is 0 Å². The number of alkyl halides is 3. The van der Waals surface area contributed by atoms with E-state index in [-0.39, 0.29) is 11.5 Å². The Balaban J connectivity index is 2.50. The molecule has 0 aliphatic heterocycles. The van der Waals surface area contributed by atoms with Gasteiger partial charge in [-0.15, -0.1) is 0 Å². The largest absolute Gasteiger partial charge is 0.416 e. The molecule has 1 saturated carbocycles. The van der Waals surface area contributed by atoms with Crippen LogP contribution in [0, 0.1) is 5.92 Å². The van der Waals surface area contributed by atoms with Crippen LogP contribution >= 0.6 is 0 Å². The zero-order valence-corrected chi connectivity index (χ0v) is 10.9. The maximum atomic E-state index is 13.1. The summed E-state index contributed by atoms with van der Waals surface area (Å²) in [6.07, 6.45) is 1.36. The van der Waals surface area contributed by atoms with Gasteiger partial charge >= 0.3 is 6.18 Å². The Labute approximate surface area is 110 Å². The number of pyridine rings is 1. The highest BCUT2D eigenvalue weighted by molar-refractivity contribution is 5.32. The fourth-order valence-electron chi connectivity index (χ4n) is 3.11. The van der Waals surface area contributed by atoms with Crippen molar-refractivity contribution in [2.45, 2.75) is 50.8 Å². The van der Waals surface area contributed by atoms with Gasteiger partial charge in [0, 0.05) is 18.0 Å². The molecule has 106 valence electrons. The monoisotopic (exact) mass is 273 g/mol. The second kappa shape index (κ2) is 5.12. The first-order valence-corrected chi connectivity index (χ1v) is 6.63. The van der Waals surface area contributed by atoms with E-state index in [1.165, 1.54) is 6.20 Å². The van der Waals surface area contributed by atoms with E-state index in [1.54, 1.807) is 0 Å². The molecular weight excluding hydrogens is 255 g/mol. The molecule has 1 fully saturated rings. The van der Waals surface area contributed by atoms with E-state index in [9.17, 15) is 18.3 Å². The molecule has 0 saturated heterocycles. The Bertz CT molecular complexity index is 447. The molecule has 5 heteroatoms. The number of hydrogen-bond acceptors (Lipinski definition) is 2. The molecule has 19 heavy (non-hydrogen) atoms. The standard InChI is InChI=1S/C14H18F3NO/c1-2-10-5-3-4-7-13(10,19)12-9-18-8-6-11(12)14(15,16)17/h6,8-10,19H,2-5,7H2,1H3. The summed E-state index contributed by atoms with van der Waals surface area (Å²) >= 11 is 0. The second-order valence-electron chi connectivity index (χ2n) is 5.19. The van der Waals surface area contributed by atoms with Gasteiger partial charge in [-0.3, -0.25) is 4.98 Å². The molecule has 2 atom stereocenters. The van der Waals surface area contributed by atoms with Gasteiger partial charge in [-0.1, -0.05) is 26.2 Å². The Morgan fingerprint density at radius 1 is 1.42 bits per heavy atom. The van der Waals surface area contributed by atoms with Crippen molar-refractivity contribution in [2.24, 2.45) is 5.92 Å². The molecule has 0 spiro atoms. The third kappa shape index (κ3) is 2.61. The first-order valence-electron chi connectivity index (χ1n) is 6.63. The van der Waals surface area contributed by atoms with Crippen molar-refractivity contribution in [3.05, 3.63) is 29.6 Å². The van der Waals surface area contributed by atoms with Crippen LogP contribution in [0.3, 0.4) is 0 Å². The minimum absolute atomic E-state index is 0.0611. The minimum Gasteiger partial charge on any atom is -0.385 e. The van der Waals surface area contributed by atoms with Crippen LogP contribution in [0.25, 0.3) is 0 Å². The molecule has 2 rings (SSSR count). The number of halogens is 3. The molecule has 0 radical (unpaired) electrons. The zero-order valence-electron chi connectivity index (χ0n) is 10.9. The topological polar surface area (TPSA) is 33.1 Å². The van der Waals surface area contributed by atoms with Gasteiger partial charge in [0.15, 0.2) is 0 Å². The maximum absolute atomic E-state index is 13.1. The van der Waals surface area contributed by atoms with Crippen molar-refractivity contribution in [3.63, 3.8) is 0 Å². The summed E-state index contributed by atoms with van der Waals surface area (Å²) in [5.41, 5.74) is -2.22. The molecule has 0 bridgehead atoms. The van der Waals surface area contributed by atoms with Crippen LogP contribution in [0.4, 0.5) is 13.2 Å². The minimum atomic E-state index is -4.45. The fourth-order valence-corrected chi connectivity index (χ4v) is 3.11. The Hall–Kier alpha value is -1.10. The van der Waals surface area contributed by atoms with Crippen LogP contribution in [0.5, 0.6) is 0 Å². The normalized spacial score (nSPS) is 28.4. The van der Waals surface area contributed by atoms with E-state index in [4.69, 9.17) is 0 Å². The first-order chi connectivity index (χ1) is 8.89. The summed E-state index contributed by atoms with van der Waals surface area (Å²) < 4.78 is 39.2. The van der Waals surface area contributed by atoms with E-state index >= 15 is 0 Å². The van der Waals surface area contributed by atoms with Crippen LogP contribution in [0.15, 0.2) is 18.5 Å². The van der Waals surface area contributed by atoms with Gasteiger partial charge in [0.1, 0.15) is 0 Å². The number of hydrogen-bond donors (Lipinski definition) is 1. The lowest BCUT2D eigenvalue weighted by Gasteiger charge is -2.41. The van der Waals surface area contributed by atoms with Crippen molar-refractivity contribution >= 4 is 0 Å². The summed E-state index contributed by atoms with van der Waals surface area (Å²) in [4.78, 5) is 3.79. The van der Waals surface area contributed by atoms with Gasteiger partial charge < -0.3 is 5.11 Å². The van der Waals surface area contributed by atoms with Gasteiger partial charge in [0.2, 0.25) is 0 Å². The van der Waals surface area contributed by atoms with Crippen LogP contribution in [-0.4, -0.2) is 10.1 Å². The third-order valence-corrected chi connectivity index (χ3v) is 4.12. The second-order valence-corrected chi connectivity index (χ2v) is 5.19. The lowest BCUT2D eigenvalue weighted by atomic mass is 9.69. The molecule has 2 nitrogen and oxygen atoms in total. The summed E-state index contributed by atoms with van der Waals surface area (Å²) in [5, 5.41) is 10.8. The SMILES string of the molecule is CCC1CCCCC1(O)c1cnccc1C(F)(F)F. The first kappa shape index (κ1) is 14.3. The van der Waals surface area contributed by atoms with Crippen molar-refractivity contribution < 1.29 is 18.3 Å². The van der Waals surface area contributed by atoms with E-state index in [0.717, 1.165) is 31.5 Å². The quantitative estimate of drug-likeness (QED) is 0.886. The van der Waals surface area contributed by atoms with E-state index in [0.29, 0.717) is 12.8 Å². The molecule has 1 heterocycles. The van der Waals surface area contributed by atoms with E-state index < -0.39 is 17.3 Å². The molecule has 1 aromatic rings. The Morgan fingerprint density at radius 3 is 2.79 bits per heavy atom. The number of aromatic nitrogens is 1. The van der Waals surface area contributed by atoms with Crippen LogP contribution in [0.1, 0.15) is 50.2 Å². The molecule has 2 unspecified atom stereocenters. The van der Waals surface area contributed by atoms with Gasteiger partial charge in [0.25, 0.3) is 0 Å². The van der Waals surface area contributed by atoms with Crippen molar-refractivity contribution in [3.8, 4) is 0 Å². The lowest BCUT2D eigenvalue weighted by molar-refractivity contribution is -0.143. The van der Waals surface area contributed by atoms with E-state index in [2.05, 4.69) is 4.98 Å². The average molecular weight is 273 g/mol. The van der Waals surface area contributed by atoms with Gasteiger partial charge in [0.05, 0.1) is 11.2 Å². The molecule has 1 aromatic heterocycles. The predicted octanol–water partition coefficient (Wildman–Crippen LogP) is 3.89. The average Bonchev–Trinajstić information content (AvgIpc) is 2.38. The third-order valence-electron chi connectivity index (χ3n) is 4.12. The summed E-state index contributed by atoms with van der Waals surface area (Å²) in [5.74, 6) is -0.133. The van der Waals surface area contributed by atoms with Gasteiger partial charge in [-0.05, 0) is 24.8 Å². The van der Waals surface area contributed by atoms with Gasteiger partial charge in [-0.25, -0.2) is 0 Å². The van der Waals surface area contributed by atoms with Gasteiger partial charge in [-0.2, -0.15) is 13.2 Å². The number of aliphatic hydroxyl groups is 1. The molecule has 1 N–H and O–H groups in total. The van der Waals surface area contributed by atoms with Crippen LogP contribution in [-0.2, 0) is 11.8 Å². The smallest absolute Gasteiger partial charge is 0.385 e. The molecule has 0 amide bonds. The Kier molecular flexibility index (Phi) is 3.85. The molecular formula is C14H18F3NO. The highest BCUT2D eigenvalue weighted by Gasteiger charge is 2.45. The highest BCUT2D eigenvalue weighted by Crippen LogP contribution is 2.46. The maximum Gasteiger partial charge on any atom is 0.416 e. The van der Waals surface area contributed by atoms with Crippen molar-refractivity contribution in [1.82, 2.24) is 4.98 Å². The predicted molar refractivity (Wildman–Crippen MR) is 65.4 cm³/mol. The number of rotatable bonds is 2.